The van der Waals surface area contributed by atoms with Crippen LogP contribution >= 0.6 is 0 Å². The summed E-state index contributed by atoms with van der Waals surface area (Å²) in [7, 11) is 0. The molecule has 0 heteroatoms. The fraction of sp³-hybridized carbons (Fsp3) is 0.538. The van der Waals surface area contributed by atoms with E-state index >= 15 is 0 Å². The van der Waals surface area contributed by atoms with Gasteiger partial charge in [-0.2, -0.15) is 0 Å². The second-order valence-corrected chi connectivity index (χ2v) is 9.31. The van der Waals surface area contributed by atoms with Crippen LogP contribution in [0.5, 0.6) is 0 Å². The zero-order valence-corrected chi connectivity index (χ0v) is 18.3. The van der Waals surface area contributed by atoms with Gasteiger partial charge in [0.2, 0.25) is 0 Å². The van der Waals surface area contributed by atoms with Gasteiger partial charge in [-0.15, -0.1) is 0 Å². The average Bonchev–Trinajstić information content (AvgIpc) is 2.60. The number of hydrogen-bond acceptors (Lipinski definition) is 0. The predicted octanol–water partition coefficient (Wildman–Crippen LogP) is 7.65. The summed E-state index contributed by atoms with van der Waals surface area (Å²) in [6.45, 7) is 24.0. The molecule has 0 heterocycles. The molecular weight excluding hydrogens is 312 g/mol. The molecule has 0 fully saturated rings. The smallest absolute Gasteiger partial charge is 0.0102 e. The van der Waals surface area contributed by atoms with Crippen molar-refractivity contribution < 1.29 is 0 Å². The maximum absolute atomic E-state index is 2.46. The molecule has 2 aromatic rings. The molecule has 4 unspecified atom stereocenters. The third kappa shape index (κ3) is 1.86. The highest BCUT2D eigenvalue weighted by molar-refractivity contribution is 5.88. The van der Waals surface area contributed by atoms with Gasteiger partial charge < -0.3 is 0 Å². The van der Waals surface area contributed by atoms with E-state index < -0.39 is 0 Å². The predicted molar refractivity (Wildman–Crippen MR) is 114 cm³/mol. The van der Waals surface area contributed by atoms with Crippen LogP contribution in [0.25, 0.3) is 11.1 Å². The van der Waals surface area contributed by atoms with Crippen molar-refractivity contribution in [2.75, 3.05) is 0 Å². The molecule has 2 aliphatic carbocycles. The van der Waals surface area contributed by atoms with Crippen LogP contribution in [0.4, 0.5) is 0 Å². The molecule has 0 nitrogen and oxygen atoms in total. The topological polar surface area (TPSA) is 0 Å². The second-order valence-electron chi connectivity index (χ2n) is 9.31. The molecule has 0 spiro atoms. The molecule has 0 radical (unpaired) electrons. The Kier molecular flexibility index (Phi) is 3.75. The molecule has 0 aromatic heterocycles. The van der Waals surface area contributed by atoms with Crippen LogP contribution in [-0.2, 0) is 0 Å². The van der Waals surface area contributed by atoms with Gasteiger partial charge in [-0.05, 0) is 132 Å². The summed E-state index contributed by atoms with van der Waals surface area (Å²) in [6.07, 6.45) is 0. The quantitative estimate of drug-likeness (QED) is 0.459. The Morgan fingerprint density at radius 3 is 0.731 bits per heavy atom. The van der Waals surface area contributed by atoms with E-state index in [1.807, 2.05) is 0 Å². The molecular formula is C26H34. The molecule has 4 atom stereocenters. The summed E-state index contributed by atoms with van der Waals surface area (Å²) >= 11 is 0. The maximum Gasteiger partial charge on any atom is -0.0102 e. The summed E-state index contributed by atoms with van der Waals surface area (Å²) in [5, 5.41) is 0. The fourth-order valence-electron chi connectivity index (χ4n) is 6.23. The van der Waals surface area contributed by atoms with Gasteiger partial charge in [-0.1, -0.05) is 27.7 Å². The molecule has 0 saturated carbocycles. The fourth-order valence-corrected chi connectivity index (χ4v) is 6.23. The molecule has 0 saturated heterocycles. The summed E-state index contributed by atoms with van der Waals surface area (Å²) in [5.41, 5.74) is 19.0. The van der Waals surface area contributed by atoms with Crippen molar-refractivity contribution in [2.45, 2.75) is 92.9 Å². The van der Waals surface area contributed by atoms with Crippen molar-refractivity contribution >= 4 is 0 Å². The minimum absolute atomic E-state index is 0.588. The van der Waals surface area contributed by atoms with Crippen molar-refractivity contribution in [3.8, 4) is 11.1 Å². The lowest BCUT2D eigenvalue weighted by atomic mass is 9.59. The van der Waals surface area contributed by atoms with E-state index in [4.69, 9.17) is 0 Å². The second kappa shape index (κ2) is 5.47. The molecule has 0 bridgehead atoms. The van der Waals surface area contributed by atoms with Gasteiger partial charge in [0.25, 0.3) is 0 Å². The van der Waals surface area contributed by atoms with E-state index in [1.54, 1.807) is 33.4 Å². The van der Waals surface area contributed by atoms with Gasteiger partial charge in [0, 0.05) is 0 Å². The van der Waals surface area contributed by atoms with Crippen LogP contribution in [0, 0.1) is 41.5 Å². The van der Waals surface area contributed by atoms with E-state index in [0.29, 0.717) is 23.7 Å². The summed E-state index contributed by atoms with van der Waals surface area (Å²) in [5.74, 6) is 2.35. The van der Waals surface area contributed by atoms with Crippen LogP contribution in [0.2, 0.25) is 0 Å². The minimum Gasteiger partial charge on any atom is -0.0578 e. The first kappa shape index (κ1) is 17.8. The Bertz CT molecular complexity index is 807. The van der Waals surface area contributed by atoms with Crippen LogP contribution in [0.15, 0.2) is 0 Å². The van der Waals surface area contributed by atoms with Gasteiger partial charge in [-0.25, -0.2) is 0 Å². The van der Waals surface area contributed by atoms with Crippen LogP contribution in [0.3, 0.4) is 0 Å². The van der Waals surface area contributed by atoms with E-state index in [9.17, 15) is 0 Å². The van der Waals surface area contributed by atoms with Crippen LogP contribution in [0.1, 0.15) is 107 Å². The van der Waals surface area contributed by atoms with Gasteiger partial charge in [-0.3, -0.25) is 0 Å². The van der Waals surface area contributed by atoms with Crippen molar-refractivity contribution in [2.24, 2.45) is 0 Å². The number of rotatable bonds is 0. The monoisotopic (exact) mass is 346 g/mol. The van der Waals surface area contributed by atoms with Crippen molar-refractivity contribution in [1.29, 1.82) is 0 Å². The summed E-state index contributed by atoms with van der Waals surface area (Å²) < 4.78 is 0. The van der Waals surface area contributed by atoms with Crippen molar-refractivity contribution in [1.82, 2.24) is 0 Å². The van der Waals surface area contributed by atoms with E-state index in [-0.39, 0.29) is 0 Å². The molecule has 2 aliphatic rings. The highest BCUT2D eigenvalue weighted by Crippen LogP contribution is 2.60. The average molecular weight is 347 g/mol. The third-order valence-corrected chi connectivity index (χ3v) is 8.51. The van der Waals surface area contributed by atoms with E-state index in [0.717, 1.165) is 0 Å². The first-order chi connectivity index (χ1) is 12.1. The Morgan fingerprint density at radius 2 is 0.538 bits per heavy atom. The standard InChI is InChI=1S/C26H34/c1-11-13(3)21-17(7)19(9)23-15(5)12(2)16(6)24-20(10)18(8)22(14(11)4)25(21)26(23)24/h17-20H,1-10H3. The number of benzene rings is 2. The Labute approximate surface area is 160 Å². The molecule has 2 aromatic carbocycles. The first-order valence-corrected chi connectivity index (χ1v) is 10.4. The zero-order chi connectivity index (χ0) is 19.2. The first-order valence-electron chi connectivity index (χ1n) is 10.4. The lowest BCUT2D eigenvalue weighted by Gasteiger charge is -2.45. The minimum atomic E-state index is 0.588. The molecule has 138 valence electrons. The lowest BCUT2D eigenvalue weighted by molar-refractivity contribution is 0.569. The van der Waals surface area contributed by atoms with Gasteiger partial charge >= 0.3 is 0 Å². The highest BCUT2D eigenvalue weighted by Gasteiger charge is 2.41. The SMILES string of the molecule is Cc1c(C)c2c3c(c1C)C(C)C(C)c1c(C)c(C)c(C)c(c1-3)C(C)C2C. The largest absolute Gasteiger partial charge is 0.0578 e. The molecule has 26 heavy (non-hydrogen) atoms. The van der Waals surface area contributed by atoms with Gasteiger partial charge in [0.05, 0.1) is 0 Å². The molecule has 0 amide bonds. The normalized spacial score (nSPS) is 26.1. The van der Waals surface area contributed by atoms with E-state index in [1.165, 1.54) is 33.4 Å². The zero-order valence-electron chi connectivity index (χ0n) is 18.3. The third-order valence-electron chi connectivity index (χ3n) is 8.51. The molecule has 4 rings (SSSR count). The van der Waals surface area contributed by atoms with Crippen molar-refractivity contribution in [3.05, 3.63) is 55.6 Å². The molecule has 0 N–H and O–H groups in total. The van der Waals surface area contributed by atoms with Crippen molar-refractivity contribution in [3.63, 3.8) is 0 Å². The van der Waals surface area contributed by atoms with Gasteiger partial charge in [0.1, 0.15) is 0 Å². The maximum atomic E-state index is 2.46. The Balaban J connectivity index is 2.31. The van der Waals surface area contributed by atoms with Crippen LogP contribution < -0.4 is 0 Å². The highest BCUT2D eigenvalue weighted by atomic mass is 14.5. The Morgan fingerprint density at radius 1 is 0.346 bits per heavy atom. The number of hydrogen-bond donors (Lipinski definition) is 0. The van der Waals surface area contributed by atoms with Crippen LogP contribution in [-0.4, -0.2) is 0 Å². The molecule has 0 aliphatic heterocycles. The van der Waals surface area contributed by atoms with E-state index in [2.05, 4.69) is 69.2 Å². The summed E-state index contributed by atoms with van der Waals surface area (Å²) in [6, 6.07) is 0. The Hall–Kier alpha value is -1.56. The lowest BCUT2D eigenvalue weighted by Crippen LogP contribution is -2.27. The summed E-state index contributed by atoms with van der Waals surface area (Å²) in [4.78, 5) is 0. The van der Waals surface area contributed by atoms with Gasteiger partial charge in [0.15, 0.2) is 0 Å².